The highest BCUT2D eigenvalue weighted by atomic mass is 32.1. The van der Waals surface area contributed by atoms with E-state index in [2.05, 4.69) is 29.7 Å². The van der Waals surface area contributed by atoms with E-state index in [4.69, 9.17) is 15.5 Å². The van der Waals surface area contributed by atoms with Gasteiger partial charge in [0.05, 0.1) is 11.1 Å². The number of rotatable bonds is 1. The van der Waals surface area contributed by atoms with Gasteiger partial charge in [-0.3, -0.25) is 5.32 Å². The lowest BCUT2D eigenvalue weighted by atomic mass is 9.69. The molecule has 1 aliphatic heterocycles. The molecule has 5 heteroatoms. The fourth-order valence-corrected chi connectivity index (χ4v) is 4.74. The molecule has 2 aromatic rings. The van der Waals surface area contributed by atoms with Gasteiger partial charge in [-0.25, -0.2) is 4.99 Å². The Labute approximate surface area is 145 Å². The van der Waals surface area contributed by atoms with E-state index >= 15 is 0 Å². The van der Waals surface area contributed by atoms with E-state index in [9.17, 15) is 0 Å². The summed E-state index contributed by atoms with van der Waals surface area (Å²) in [6, 6.07) is 12.4. The Morgan fingerprint density at radius 3 is 2.62 bits per heavy atom. The average Bonchev–Trinajstić information content (AvgIpc) is 3.20. The van der Waals surface area contributed by atoms with Crippen molar-refractivity contribution in [3.63, 3.8) is 0 Å². The summed E-state index contributed by atoms with van der Waals surface area (Å²) in [6.45, 7) is 0. The van der Waals surface area contributed by atoms with Gasteiger partial charge in [0.2, 0.25) is 0 Å². The molecular weight excluding hydrogens is 316 g/mol. The third-order valence-electron chi connectivity index (χ3n) is 5.08. The van der Waals surface area contributed by atoms with E-state index in [0.717, 1.165) is 52.5 Å². The van der Waals surface area contributed by atoms with Crippen molar-refractivity contribution in [3.8, 4) is 22.7 Å². The monoisotopic (exact) mass is 332 g/mol. The Bertz CT molecular complexity index is 904. The fourth-order valence-electron chi connectivity index (χ4n) is 3.94. The van der Waals surface area contributed by atoms with E-state index in [-0.39, 0.29) is 5.41 Å². The zero-order chi connectivity index (χ0) is 16.6. The Morgan fingerprint density at radius 1 is 1.08 bits per heavy atom. The van der Waals surface area contributed by atoms with Gasteiger partial charge in [-0.1, -0.05) is 25.3 Å². The van der Waals surface area contributed by atoms with Crippen LogP contribution in [0.4, 0.5) is 5.69 Å². The number of amidine groups is 1. The quantitative estimate of drug-likeness (QED) is 0.612. The maximum absolute atomic E-state index is 9.11. The lowest BCUT2D eigenvalue weighted by molar-refractivity contribution is 0.381. The minimum atomic E-state index is -0.144. The fraction of sp³-hybridized carbons (Fsp3) is 0.316. The second-order valence-corrected chi connectivity index (χ2v) is 7.43. The zero-order valence-electron chi connectivity index (χ0n) is 13.2. The maximum Gasteiger partial charge on any atom is 0.182 e. The number of thiophene rings is 1. The number of hydrogen-bond donors (Lipinski definition) is 1. The summed E-state index contributed by atoms with van der Waals surface area (Å²) in [4.78, 5) is 6.53. The largest absolute Gasteiger partial charge is 0.280 e. The smallest absolute Gasteiger partial charge is 0.182 e. The second kappa shape index (κ2) is 5.78. The van der Waals surface area contributed by atoms with Crippen LogP contribution < -0.4 is 5.32 Å². The Balaban J connectivity index is 1.80. The first-order valence-corrected chi connectivity index (χ1v) is 8.97. The number of nitrogens with zero attached hydrogens (tertiary/aromatic N) is 3. The summed E-state index contributed by atoms with van der Waals surface area (Å²) >= 11 is 1.51. The van der Waals surface area contributed by atoms with E-state index in [1.54, 1.807) is 0 Å². The summed E-state index contributed by atoms with van der Waals surface area (Å²) in [7, 11) is 0. The number of nitrogens with one attached hydrogen (secondary N) is 1. The van der Waals surface area contributed by atoms with Crippen LogP contribution in [0.3, 0.4) is 0 Å². The standard InChI is InChI=1S/C19H16N4S/c20-11-14-5-7-17(24-14)13-4-6-16-15(10-13)19(8-2-1-3-9-19)18(23-16)22-12-21/h4-7,10H,1-3,8-9H2,(H,22,23). The first-order chi connectivity index (χ1) is 11.8. The average molecular weight is 332 g/mol. The van der Waals surface area contributed by atoms with Crippen molar-refractivity contribution in [2.24, 2.45) is 4.99 Å². The van der Waals surface area contributed by atoms with Crippen LogP contribution in [-0.2, 0) is 5.41 Å². The molecule has 2 aliphatic rings. The highest BCUT2D eigenvalue weighted by Gasteiger charge is 2.44. The number of benzene rings is 1. The van der Waals surface area contributed by atoms with Crippen molar-refractivity contribution in [1.29, 1.82) is 10.5 Å². The Hall–Kier alpha value is -2.63. The van der Waals surface area contributed by atoms with Crippen molar-refractivity contribution < 1.29 is 0 Å². The molecule has 0 unspecified atom stereocenters. The molecule has 1 N–H and O–H groups in total. The van der Waals surface area contributed by atoms with Crippen LogP contribution in [0.25, 0.3) is 10.4 Å². The summed E-state index contributed by atoms with van der Waals surface area (Å²) in [5, 5.41) is 21.0. The molecule has 118 valence electrons. The van der Waals surface area contributed by atoms with Crippen LogP contribution in [0.5, 0.6) is 0 Å². The Kier molecular flexibility index (Phi) is 3.59. The van der Waals surface area contributed by atoms with Gasteiger partial charge in [-0.15, -0.1) is 11.3 Å². The molecule has 0 radical (unpaired) electrons. The Morgan fingerprint density at radius 2 is 1.92 bits per heavy atom. The molecule has 1 aromatic carbocycles. The van der Waals surface area contributed by atoms with Gasteiger partial charge < -0.3 is 0 Å². The van der Waals surface area contributed by atoms with Crippen LogP contribution in [0.2, 0.25) is 0 Å². The number of fused-ring (bicyclic) bond motifs is 2. The van der Waals surface area contributed by atoms with Crippen LogP contribution in [-0.4, -0.2) is 5.84 Å². The predicted octanol–water partition coefficient (Wildman–Crippen LogP) is 4.60. The minimum Gasteiger partial charge on any atom is -0.280 e. The lowest BCUT2D eigenvalue weighted by Gasteiger charge is -2.35. The van der Waals surface area contributed by atoms with E-state index in [0.29, 0.717) is 0 Å². The van der Waals surface area contributed by atoms with Gasteiger partial charge in [0.25, 0.3) is 0 Å². The van der Waals surface area contributed by atoms with Gasteiger partial charge in [-0.05, 0) is 48.2 Å². The molecule has 1 fully saturated rings. The topological polar surface area (TPSA) is 72.0 Å². The van der Waals surface area contributed by atoms with Crippen molar-refractivity contribution >= 4 is 22.9 Å². The second-order valence-electron chi connectivity index (χ2n) is 6.35. The molecule has 0 saturated heterocycles. The SMILES string of the molecule is N#CNC1=Nc2ccc(-c3ccc(C#N)s3)cc2C12CCCCC2. The van der Waals surface area contributed by atoms with Gasteiger partial charge in [0.15, 0.2) is 6.19 Å². The number of aliphatic imine (C=N–C) groups is 1. The van der Waals surface area contributed by atoms with Gasteiger partial charge >= 0.3 is 0 Å². The van der Waals surface area contributed by atoms with E-state index in [1.807, 2.05) is 18.2 Å². The minimum absolute atomic E-state index is 0.144. The molecular formula is C19H16N4S. The molecule has 4 rings (SSSR count). The van der Waals surface area contributed by atoms with Crippen molar-refractivity contribution in [3.05, 3.63) is 40.8 Å². The van der Waals surface area contributed by atoms with Gasteiger partial charge in [-0.2, -0.15) is 10.5 Å². The normalized spacial score (nSPS) is 17.7. The molecule has 1 spiro atoms. The third kappa shape index (κ3) is 2.21. The lowest BCUT2D eigenvalue weighted by Crippen LogP contribution is -2.41. The van der Waals surface area contributed by atoms with Gasteiger partial charge in [0, 0.05) is 4.88 Å². The molecule has 0 amide bonds. The van der Waals surface area contributed by atoms with Crippen LogP contribution in [0.15, 0.2) is 35.3 Å². The third-order valence-corrected chi connectivity index (χ3v) is 6.12. The summed E-state index contributed by atoms with van der Waals surface area (Å²) in [5.41, 5.74) is 3.17. The molecule has 1 aromatic heterocycles. The van der Waals surface area contributed by atoms with Crippen LogP contribution in [0.1, 0.15) is 42.5 Å². The molecule has 24 heavy (non-hydrogen) atoms. The summed E-state index contributed by atoms with van der Waals surface area (Å²) in [6.07, 6.45) is 7.69. The molecule has 0 atom stereocenters. The van der Waals surface area contributed by atoms with E-state index < -0.39 is 0 Å². The zero-order valence-corrected chi connectivity index (χ0v) is 14.0. The van der Waals surface area contributed by atoms with Gasteiger partial charge in [0.1, 0.15) is 16.8 Å². The molecule has 1 saturated carbocycles. The summed E-state index contributed by atoms with van der Waals surface area (Å²) in [5.74, 6) is 0.806. The predicted molar refractivity (Wildman–Crippen MR) is 95.1 cm³/mol. The number of nitriles is 2. The van der Waals surface area contributed by atoms with Crippen molar-refractivity contribution in [2.75, 3.05) is 0 Å². The molecule has 4 nitrogen and oxygen atoms in total. The van der Waals surface area contributed by atoms with Crippen molar-refractivity contribution in [2.45, 2.75) is 37.5 Å². The maximum atomic E-state index is 9.11. The molecule has 0 bridgehead atoms. The highest BCUT2D eigenvalue weighted by Crippen LogP contribution is 2.49. The first kappa shape index (κ1) is 14.9. The van der Waals surface area contributed by atoms with Crippen molar-refractivity contribution in [1.82, 2.24) is 5.32 Å². The highest BCUT2D eigenvalue weighted by molar-refractivity contribution is 7.16. The first-order valence-electron chi connectivity index (χ1n) is 8.16. The summed E-state index contributed by atoms with van der Waals surface area (Å²) < 4.78 is 0. The van der Waals surface area contributed by atoms with E-state index in [1.165, 1.54) is 23.3 Å². The molecule has 1 aliphatic carbocycles. The van der Waals surface area contributed by atoms with Crippen LogP contribution >= 0.6 is 11.3 Å². The molecule has 2 heterocycles. The van der Waals surface area contributed by atoms with Crippen LogP contribution in [0, 0.1) is 22.8 Å². The number of hydrogen-bond acceptors (Lipinski definition) is 5.